The summed E-state index contributed by atoms with van der Waals surface area (Å²) >= 11 is 0. The Balaban J connectivity index is 1.17. The summed E-state index contributed by atoms with van der Waals surface area (Å²) in [5.74, 6) is -0.102. The first-order valence-corrected chi connectivity index (χ1v) is 18.2. The second-order valence-corrected chi connectivity index (χ2v) is 13.4. The predicted molar refractivity (Wildman–Crippen MR) is 211 cm³/mol. The number of hydrogen-bond acceptors (Lipinski definition) is 4. The Morgan fingerprint density at radius 2 is 1.19 bits per heavy atom. The van der Waals surface area contributed by atoms with Crippen molar-refractivity contribution in [1.82, 2.24) is 14.5 Å². The van der Waals surface area contributed by atoms with E-state index in [9.17, 15) is 9.59 Å². The molecule has 0 N–H and O–H groups in total. The molecule has 6 heteroatoms. The zero-order valence-electron chi connectivity index (χ0n) is 29.9. The van der Waals surface area contributed by atoms with Gasteiger partial charge in [-0.05, 0) is 64.8 Å². The SMILES string of the molecule is CC(=C(C=CC(=O)C1CCN(C(=O)OCc2ccccc2)CC1)c1ccccc1)c1cn(C(c2ccccc2)(c2ccccc2)c2ccccc2)cn1. The summed E-state index contributed by atoms with van der Waals surface area (Å²) in [5.41, 5.74) is 7.32. The number of ether oxygens (including phenoxy) is 1. The minimum atomic E-state index is -0.684. The van der Waals surface area contributed by atoms with E-state index in [-0.39, 0.29) is 24.4 Å². The molecule has 0 aliphatic carbocycles. The highest BCUT2D eigenvalue weighted by Gasteiger charge is 2.38. The number of carbonyl (C=O) groups is 2. The van der Waals surface area contributed by atoms with Gasteiger partial charge in [0, 0.05) is 25.2 Å². The van der Waals surface area contributed by atoms with Crippen molar-refractivity contribution in [1.29, 1.82) is 0 Å². The van der Waals surface area contributed by atoms with Crippen LogP contribution in [0.2, 0.25) is 0 Å². The molecular formula is C47H43N3O3. The Hall–Kier alpha value is -6.27. The maximum atomic E-state index is 13.6. The topological polar surface area (TPSA) is 64.4 Å². The molecule has 2 heterocycles. The first kappa shape index (κ1) is 35.1. The van der Waals surface area contributed by atoms with E-state index >= 15 is 0 Å². The molecule has 0 saturated carbocycles. The summed E-state index contributed by atoms with van der Waals surface area (Å²) in [7, 11) is 0. The number of imidazole rings is 1. The van der Waals surface area contributed by atoms with Crippen LogP contribution in [-0.2, 0) is 21.7 Å². The quantitative estimate of drug-likeness (QED) is 0.0768. The molecule has 0 atom stereocenters. The highest BCUT2D eigenvalue weighted by Crippen LogP contribution is 2.41. The number of piperidine rings is 1. The van der Waals surface area contributed by atoms with Gasteiger partial charge >= 0.3 is 6.09 Å². The average Bonchev–Trinajstić information content (AvgIpc) is 3.73. The van der Waals surface area contributed by atoms with Gasteiger partial charge in [0.15, 0.2) is 5.78 Å². The first-order chi connectivity index (χ1) is 26.0. The van der Waals surface area contributed by atoms with Crippen molar-refractivity contribution in [3.8, 4) is 0 Å². The number of amides is 1. The van der Waals surface area contributed by atoms with Gasteiger partial charge in [-0.15, -0.1) is 0 Å². The summed E-state index contributed by atoms with van der Waals surface area (Å²) in [6.07, 6.45) is 8.53. The molecule has 1 fully saturated rings. The largest absolute Gasteiger partial charge is 0.445 e. The number of allylic oxidation sites excluding steroid dienone is 4. The number of aromatic nitrogens is 2. The Bertz CT molecular complexity index is 2070. The third kappa shape index (κ3) is 7.68. The molecule has 1 aliphatic heterocycles. The highest BCUT2D eigenvalue weighted by atomic mass is 16.6. The summed E-state index contributed by atoms with van der Waals surface area (Å²) in [5, 5.41) is 0. The molecule has 1 aliphatic rings. The molecule has 6 nitrogen and oxygen atoms in total. The van der Waals surface area contributed by atoms with Crippen LogP contribution in [0, 0.1) is 5.92 Å². The van der Waals surface area contributed by atoms with Crippen LogP contribution in [0.1, 0.15) is 53.3 Å². The lowest BCUT2D eigenvalue weighted by Gasteiger charge is -2.37. The molecule has 0 radical (unpaired) electrons. The number of likely N-dealkylation sites (tertiary alicyclic amines) is 1. The van der Waals surface area contributed by atoms with Crippen LogP contribution in [0.15, 0.2) is 176 Å². The van der Waals surface area contributed by atoms with Crippen LogP contribution >= 0.6 is 0 Å². The summed E-state index contributed by atoms with van der Waals surface area (Å²) in [6, 6.07) is 51.4. The summed E-state index contributed by atoms with van der Waals surface area (Å²) < 4.78 is 7.74. The van der Waals surface area contributed by atoms with Crippen molar-refractivity contribution in [3.05, 3.63) is 210 Å². The zero-order valence-corrected chi connectivity index (χ0v) is 29.9. The number of rotatable bonds is 11. The second kappa shape index (κ2) is 16.4. The fourth-order valence-electron chi connectivity index (χ4n) is 7.34. The molecule has 7 rings (SSSR count). The van der Waals surface area contributed by atoms with Gasteiger partial charge in [0.05, 0.1) is 12.0 Å². The van der Waals surface area contributed by atoms with Crippen LogP contribution in [-0.4, -0.2) is 39.4 Å². The van der Waals surface area contributed by atoms with Crippen LogP contribution < -0.4 is 0 Å². The lowest BCUT2D eigenvalue weighted by Crippen LogP contribution is -2.40. The van der Waals surface area contributed by atoms with Gasteiger partial charge in [-0.2, -0.15) is 0 Å². The van der Waals surface area contributed by atoms with Crippen molar-refractivity contribution in [2.24, 2.45) is 5.92 Å². The predicted octanol–water partition coefficient (Wildman–Crippen LogP) is 9.83. The van der Waals surface area contributed by atoms with Crippen LogP contribution in [0.5, 0.6) is 0 Å². The molecule has 5 aromatic carbocycles. The average molecular weight is 698 g/mol. The van der Waals surface area contributed by atoms with E-state index in [0.29, 0.717) is 25.9 Å². The highest BCUT2D eigenvalue weighted by molar-refractivity contribution is 5.99. The smallest absolute Gasteiger partial charge is 0.410 e. The van der Waals surface area contributed by atoms with E-state index in [2.05, 4.69) is 103 Å². The number of carbonyl (C=O) groups excluding carboxylic acids is 2. The fraction of sp³-hybridized carbons (Fsp3) is 0.170. The molecular weight excluding hydrogens is 655 g/mol. The van der Waals surface area contributed by atoms with Crippen LogP contribution in [0.3, 0.4) is 0 Å². The lowest BCUT2D eigenvalue weighted by atomic mass is 9.77. The Kier molecular flexibility index (Phi) is 10.9. The molecule has 6 aromatic rings. The van der Waals surface area contributed by atoms with Gasteiger partial charge < -0.3 is 14.2 Å². The van der Waals surface area contributed by atoms with Crippen molar-refractivity contribution >= 4 is 23.0 Å². The zero-order chi connectivity index (χ0) is 36.5. The van der Waals surface area contributed by atoms with Crippen molar-refractivity contribution in [2.45, 2.75) is 31.9 Å². The Morgan fingerprint density at radius 1 is 0.698 bits per heavy atom. The van der Waals surface area contributed by atoms with Gasteiger partial charge in [-0.1, -0.05) is 158 Å². The number of nitrogens with zero attached hydrogens (tertiary/aromatic N) is 3. The van der Waals surface area contributed by atoms with E-state index in [1.807, 2.05) is 79.1 Å². The molecule has 1 aromatic heterocycles. The standard InChI is InChI=1S/C47H43N3O3/c1-36(44-33-50(35-48-44)47(40-21-11-4-12-22-40,41-23-13-5-14-24-41)42-25-15-6-16-26-42)43(38-19-9-3-10-20-38)27-28-45(51)39-29-31-49(32-30-39)46(52)53-34-37-17-7-2-8-18-37/h2-28,33,35,39H,29-32,34H2,1H3. The van der Waals surface area contributed by atoms with Crippen LogP contribution in [0.25, 0.3) is 11.1 Å². The third-order valence-corrected chi connectivity index (χ3v) is 10.2. The molecule has 264 valence electrons. The van der Waals surface area contributed by atoms with E-state index in [0.717, 1.165) is 44.7 Å². The van der Waals surface area contributed by atoms with E-state index in [1.54, 1.807) is 11.0 Å². The van der Waals surface area contributed by atoms with Crippen LogP contribution in [0.4, 0.5) is 4.79 Å². The first-order valence-electron chi connectivity index (χ1n) is 18.2. The molecule has 0 bridgehead atoms. The van der Waals surface area contributed by atoms with Crippen molar-refractivity contribution in [2.75, 3.05) is 13.1 Å². The van der Waals surface area contributed by atoms with Crippen molar-refractivity contribution < 1.29 is 14.3 Å². The van der Waals surface area contributed by atoms with E-state index < -0.39 is 5.54 Å². The Labute approximate surface area is 311 Å². The number of hydrogen-bond donors (Lipinski definition) is 0. The maximum Gasteiger partial charge on any atom is 0.410 e. The maximum absolute atomic E-state index is 13.6. The fourth-order valence-corrected chi connectivity index (χ4v) is 7.34. The third-order valence-electron chi connectivity index (χ3n) is 10.2. The lowest BCUT2D eigenvalue weighted by molar-refractivity contribution is -0.119. The molecule has 0 spiro atoms. The van der Waals surface area contributed by atoms with Gasteiger partial charge in [0.1, 0.15) is 12.1 Å². The van der Waals surface area contributed by atoms with Gasteiger partial charge in [-0.3, -0.25) is 4.79 Å². The minimum Gasteiger partial charge on any atom is -0.445 e. The summed E-state index contributed by atoms with van der Waals surface area (Å²) in [4.78, 5) is 33.1. The van der Waals surface area contributed by atoms with E-state index in [4.69, 9.17) is 9.72 Å². The second-order valence-electron chi connectivity index (χ2n) is 13.4. The van der Waals surface area contributed by atoms with Gasteiger partial charge in [0.25, 0.3) is 0 Å². The Morgan fingerprint density at radius 3 is 1.72 bits per heavy atom. The van der Waals surface area contributed by atoms with Crippen molar-refractivity contribution in [3.63, 3.8) is 0 Å². The number of ketones is 1. The van der Waals surface area contributed by atoms with Gasteiger partial charge in [0.2, 0.25) is 0 Å². The molecule has 0 unspecified atom stereocenters. The molecule has 1 saturated heterocycles. The summed E-state index contributed by atoms with van der Waals surface area (Å²) in [6.45, 7) is 3.28. The number of benzene rings is 5. The normalized spacial score (nSPS) is 14.2. The monoisotopic (exact) mass is 697 g/mol. The molecule has 1 amide bonds. The molecule has 53 heavy (non-hydrogen) atoms. The van der Waals surface area contributed by atoms with Gasteiger partial charge in [-0.25, -0.2) is 9.78 Å². The van der Waals surface area contributed by atoms with E-state index in [1.165, 1.54) is 0 Å². The minimum absolute atomic E-state index is 0.0605.